The van der Waals surface area contributed by atoms with E-state index >= 15 is 0 Å². The first-order chi connectivity index (χ1) is 12.2. The van der Waals surface area contributed by atoms with Gasteiger partial charge < -0.3 is 10.2 Å². The van der Waals surface area contributed by atoms with Crippen molar-refractivity contribution in [2.75, 3.05) is 13.1 Å². The van der Waals surface area contributed by atoms with Crippen LogP contribution in [0.15, 0.2) is 24.3 Å². The number of carbonyl (C=O) groups excluding carboxylic acids is 1. The van der Waals surface area contributed by atoms with Gasteiger partial charge in [0.2, 0.25) is 4.96 Å². The molecule has 130 valence electrons. The molecule has 3 aromatic rings. The first kappa shape index (κ1) is 16.1. The van der Waals surface area contributed by atoms with Gasteiger partial charge in [-0.2, -0.15) is 4.98 Å². The SMILES string of the molecule is CCCNC(=O)N1CCc2c(sc3nc(-c4ccc(C)cc4)nn23)C1. The summed E-state index contributed by atoms with van der Waals surface area (Å²) in [5, 5.41) is 7.65. The predicted octanol–water partition coefficient (Wildman–Crippen LogP) is 3.24. The van der Waals surface area contributed by atoms with Crippen LogP contribution in [0.2, 0.25) is 0 Å². The fourth-order valence-electron chi connectivity index (χ4n) is 3.03. The number of hydrogen-bond acceptors (Lipinski definition) is 4. The third-order valence-electron chi connectivity index (χ3n) is 4.45. The van der Waals surface area contributed by atoms with Crippen molar-refractivity contribution in [3.8, 4) is 11.4 Å². The van der Waals surface area contributed by atoms with Crippen LogP contribution in [0.25, 0.3) is 16.3 Å². The van der Waals surface area contributed by atoms with Crippen LogP contribution in [-0.2, 0) is 13.0 Å². The molecule has 0 saturated carbocycles. The highest BCUT2D eigenvalue weighted by Crippen LogP contribution is 2.29. The summed E-state index contributed by atoms with van der Waals surface area (Å²) in [6.07, 6.45) is 1.76. The predicted molar refractivity (Wildman–Crippen MR) is 98.8 cm³/mol. The van der Waals surface area contributed by atoms with E-state index in [1.807, 2.05) is 9.42 Å². The minimum atomic E-state index is 0.0202. The molecule has 7 heteroatoms. The van der Waals surface area contributed by atoms with E-state index in [-0.39, 0.29) is 6.03 Å². The normalized spacial score (nSPS) is 13.9. The monoisotopic (exact) mass is 355 g/mol. The molecule has 25 heavy (non-hydrogen) atoms. The van der Waals surface area contributed by atoms with Crippen LogP contribution in [0.1, 0.15) is 29.5 Å². The Morgan fingerprint density at radius 2 is 2.12 bits per heavy atom. The van der Waals surface area contributed by atoms with Crippen LogP contribution in [0.3, 0.4) is 0 Å². The molecule has 3 heterocycles. The maximum absolute atomic E-state index is 12.2. The molecule has 0 aliphatic carbocycles. The van der Waals surface area contributed by atoms with Crippen LogP contribution in [0, 0.1) is 6.92 Å². The Bertz CT molecular complexity index is 912. The number of rotatable bonds is 3. The highest BCUT2D eigenvalue weighted by atomic mass is 32.1. The standard InChI is InChI=1S/C18H21N5OS/c1-3-9-19-17(24)22-10-8-14-15(11-22)25-18-20-16(21-23(14)18)13-6-4-12(2)5-7-13/h4-7H,3,8-11H2,1-2H3,(H,19,24). The lowest BCUT2D eigenvalue weighted by molar-refractivity contribution is 0.192. The second-order valence-electron chi connectivity index (χ2n) is 6.37. The minimum Gasteiger partial charge on any atom is -0.338 e. The topological polar surface area (TPSA) is 62.5 Å². The van der Waals surface area contributed by atoms with Gasteiger partial charge in [0.25, 0.3) is 0 Å². The van der Waals surface area contributed by atoms with Crippen LogP contribution in [0.4, 0.5) is 4.79 Å². The molecule has 2 aromatic heterocycles. The summed E-state index contributed by atoms with van der Waals surface area (Å²) in [4.78, 5) is 20.8. The van der Waals surface area contributed by atoms with Crippen molar-refractivity contribution in [1.29, 1.82) is 0 Å². The molecule has 4 rings (SSSR count). The lowest BCUT2D eigenvalue weighted by Gasteiger charge is -2.26. The third kappa shape index (κ3) is 3.00. The van der Waals surface area contributed by atoms with Gasteiger partial charge in [-0.15, -0.1) is 5.10 Å². The molecule has 1 N–H and O–H groups in total. The maximum atomic E-state index is 12.2. The number of nitrogens with one attached hydrogen (secondary N) is 1. The van der Waals surface area contributed by atoms with Crippen LogP contribution in [-0.4, -0.2) is 38.6 Å². The molecule has 2 amide bonds. The Labute approximate surface area is 150 Å². The van der Waals surface area contributed by atoms with E-state index in [4.69, 9.17) is 5.10 Å². The smallest absolute Gasteiger partial charge is 0.317 e. The number of nitrogens with zero attached hydrogens (tertiary/aromatic N) is 4. The average Bonchev–Trinajstić information content (AvgIpc) is 3.17. The number of thiazole rings is 1. The van der Waals surface area contributed by atoms with E-state index in [2.05, 4.69) is 48.4 Å². The molecule has 1 aromatic carbocycles. The van der Waals surface area contributed by atoms with Gasteiger partial charge in [-0.25, -0.2) is 9.31 Å². The van der Waals surface area contributed by atoms with Crippen molar-refractivity contribution in [3.63, 3.8) is 0 Å². The summed E-state index contributed by atoms with van der Waals surface area (Å²) in [6.45, 7) is 6.20. The molecule has 1 aliphatic rings. The quantitative estimate of drug-likeness (QED) is 0.784. The van der Waals surface area contributed by atoms with Crippen LogP contribution < -0.4 is 5.32 Å². The molecule has 0 fully saturated rings. The van der Waals surface area contributed by atoms with Gasteiger partial charge in [0, 0.05) is 30.0 Å². The maximum Gasteiger partial charge on any atom is 0.317 e. The zero-order chi connectivity index (χ0) is 17.4. The van der Waals surface area contributed by atoms with Crippen LogP contribution >= 0.6 is 11.3 Å². The van der Waals surface area contributed by atoms with Gasteiger partial charge in [-0.05, 0) is 13.3 Å². The Hall–Kier alpha value is -2.41. The van der Waals surface area contributed by atoms with E-state index in [1.54, 1.807) is 11.3 Å². The van der Waals surface area contributed by atoms with Crippen molar-refractivity contribution < 1.29 is 4.79 Å². The van der Waals surface area contributed by atoms with E-state index in [9.17, 15) is 4.79 Å². The molecule has 0 saturated heterocycles. The molecule has 0 radical (unpaired) electrons. The number of hydrogen-bond donors (Lipinski definition) is 1. The number of amides is 2. The Morgan fingerprint density at radius 1 is 1.32 bits per heavy atom. The lowest BCUT2D eigenvalue weighted by Crippen LogP contribution is -2.42. The lowest BCUT2D eigenvalue weighted by atomic mass is 10.1. The minimum absolute atomic E-state index is 0.0202. The molecule has 0 unspecified atom stereocenters. The van der Waals surface area contributed by atoms with E-state index in [1.165, 1.54) is 16.1 Å². The molecule has 0 spiro atoms. The first-order valence-electron chi connectivity index (χ1n) is 8.63. The van der Waals surface area contributed by atoms with Crippen molar-refractivity contribution in [1.82, 2.24) is 24.8 Å². The van der Waals surface area contributed by atoms with Crippen molar-refractivity contribution in [2.24, 2.45) is 0 Å². The largest absolute Gasteiger partial charge is 0.338 e. The number of carbonyl (C=O) groups is 1. The highest BCUT2D eigenvalue weighted by molar-refractivity contribution is 7.17. The highest BCUT2D eigenvalue weighted by Gasteiger charge is 2.26. The fourth-order valence-corrected chi connectivity index (χ4v) is 4.15. The van der Waals surface area contributed by atoms with E-state index in [0.717, 1.165) is 35.7 Å². The number of fused-ring (bicyclic) bond motifs is 3. The fraction of sp³-hybridized carbons (Fsp3) is 0.389. The van der Waals surface area contributed by atoms with Gasteiger partial charge in [0.05, 0.1) is 12.2 Å². The summed E-state index contributed by atoms with van der Waals surface area (Å²) >= 11 is 1.63. The number of urea groups is 1. The van der Waals surface area contributed by atoms with Crippen molar-refractivity contribution >= 4 is 22.3 Å². The number of benzene rings is 1. The molecular formula is C18H21N5OS. The average molecular weight is 355 g/mol. The third-order valence-corrected chi connectivity index (χ3v) is 5.50. The van der Waals surface area contributed by atoms with E-state index in [0.29, 0.717) is 13.1 Å². The zero-order valence-corrected chi connectivity index (χ0v) is 15.3. The van der Waals surface area contributed by atoms with Crippen molar-refractivity contribution in [3.05, 3.63) is 40.4 Å². The first-order valence-corrected chi connectivity index (χ1v) is 9.44. The molecular weight excluding hydrogens is 334 g/mol. The van der Waals surface area contributed by atoms with Gasteiger partial charge in [0.15, 0.2) is 5.82 Å². The molecule has 1 aliphatic heterocycles. The molecule has 0 atom stereocenters. The summed E-state index contributed by atoms with van der Waals surface area (Å²) in [6, 6.07) is 8.29. The molecule has 0 bridgehead atoms. The summed E-state index contributed by atoms with van der Waals surface area (Å²) in [5.74, 6) is 0.761. The second kappa shape index (κ2) is 6.48. The Balaban J connectivity index is 1.59. The van der Waals surface area contributed by atoms with E-state index < -0.39 is 0 Å². The van der Waals surface area contributed by atoms with Crippen LogP contribution in [0.5, 0.6) is 0 Å². The number of aryl methyl sites for hydroxylation is 1. The van der Waals surface area contributed by atoms with Crippen molar-refractivity contribution in [2.45, 2.75) is 33.2 Å². The summed E-state index contributed by atoms with van der Waals surface area (Å²) in [5.41, 5.74) is 3.45. The van der Waals surface area contributed by atoms with Gasteiger partial charge >= 0.3 is 6.03 Å². The van der Waals surface area contributed by atoms with Gasteiger partial charge in [0.1, 0.15) is 0 Å². The zero-order valence-electron chi connectivity index (χ0n) is 14.5. The summed E-state index contributed by atoms with van der Waals surface area (Å²) in [7, 11) is 0. The Morgan fingerprint density at radius 3 is 2.88 bits per heavy atom. The van der Waals surface area contributed by atoms with Gasteiger partial charge in [-0.1, -0.05) is 48.1 Å². The van der Waals surface area contributed by atoms with Gasteiger partial charge in [-0.3, -0.25) is 0 Å². The second-order valence-corrected chi connectivity index (χ2v) is 7.43. The Kier molecular flexibility index (Phi) is 4.17. The number of aromatic nitrogens is 3. The summed E-state index contributed by atoms with van der Waals surface area (Å²) < 4.78 is 1.95. The molecule has 6 nitrogen and oxygen atoms in total.